The van der Waals surface area contributed by atoms with Crippen LogP contribution in [0.4, 0.5) is 0 Å². The van der Waals surface area contributed by atoms with Crippen molar-refractivity contribution in [3.8, 4) is 0 Å². The Kier molecular flexibility index (Phi) is 4.22. The second-order valence-corrected chi connectivity index (χ2v) is 4.15. The molecule has 0 aromatic heterocycles. The van der Waals surface area contributed by atoms with Gasteiger partial charge in [0.15, 0.2) is 0 Å². The van der Waals surface area contributed by atoms with Crippen LogP contribution in [0.15, 0.2) is 12.1 Å². The molecule has 1 aromatic carbocycles. The Morgan fingerprint density at radius 2 is 1.87 bits per heavy atom. The summed E-state index contributed by atoms with van der Waals surface area (Å²) in [5, 5.41) is 9.42. The molecule has 3 N–H and O–H groups in total. The zero-order valence-electron chi connectivity index (χ0n) is 7.51. The summed E-state index contributed by atoms with van der Waals surface area (Å²) in [5.41, 5.74) is 6.03. The number of nitrogens with two attached hydrogens (primary N) is 1. The number of hydrogen-bond donors (Lipinski definition) is 2. The quantitative estimate of drug-likeness (QED) is 0.828. The smallest absolute Gasteiger partial charge is 0.305 e. The molecule has 0 heterocycles. The van der Waals surface area contributed by atoms with Crippen LogP contribution in [0.25, 0.3) is 0 Å². The molecule has 6 heteroatoms. The molecular weight excluding hydrogens is 260 g/mol. The summed E-state index contributed by atoms with van der Waals surface area (Å²) in [4.78, 5) is 10.5. The average Bonchev–Trinajstić information content (AvgIpc) is 2.11. The van der Waals surface area contributed by atoms with Crippen molar-refractivity contribution in [2.45, 2.75) is 12.5 Å². The highest BCUT2D eigenvalue weighted by molar-refractivity contribution is 6.44. The average molecular weight is 269 g/mol. The van der Waals surface area contributed by atoms with Crippen molar-refractivity contribution in [1.29, 1.82) is 0 Å². The van der Waals surface area contributed by atoms with Gasteiger partial charge in [0.2, 0.25) is 0 Å². The minimum atomic E-state index is -1.02. The van der Waals surface area contributed by atoms with Crippen molar-refractivity contribution >= 4 is 40.8 Å². The lowest BCUT2D eigenvalue weighted by molar-refractivity contribution is -0.137. The molecule has 0 bridgehead atoms. The largest absolute Gasteiger partial charge is 0.481 e. The van der Waals surface area contributed by atoms with Gasteiger partial charge < -0.3 is 10.8 Å². The van der Waals surface area contributed by atoms with E-state index in [4.69, 9.17) is 45.6 Å². The molecule has 1 rings (SSSR count). The predicted octanol–water partition coefficient (Wildman–Crippen LogP) is 3.12. The zero-order chi connectivity index (χ0) is 11.6. The van der Waals surface area contributed by atoms with Gasteiger partial charge in [-0.2, -0.15) is 0 Å². The van der Waals surface area contributed by atoms with Gasteiger partial charge >= 0.3 is 5.97 Å². The van der Waals surface area contributed by atoms with E-state index < -0.39 is 12.0 Å². The normalized spacial score (nSPS) is 12.5. The van der Waals surface area contributed by atoms with Crippen LogP contribution in [-0.2, 0) is 4.79 Å². The highest BCUT2D eigenvalue weighted by Crippen LogP contribution is 2.35. The molecule has 0 spiro atoms. The number of benzene rings is 1. The summed E-state index contributed by atoms with van der Waals surface area (Å²) in [7, 11) is 0. The molecule has 0 saturated carbocycles. The second kappa shape index (κ2) is 5.03. The Morgan fingerprint density at radius 1 is 1.33 bits per heavy atom. The summed E-state index contributed by atoms with van der Waals surface area (Å²) < 4.78 is 0. The van der Waals surface area contributed by atoms with Gasteiger partial charge in [-0.1, -0.05) is 34.8 Å². The van der Waals surface area contributed by atoms with Crippen molar-refractivity contribution in [3.63, 3.8) is 0 Å². The van der Waals surface area contributed by atoms with Crippen molar-refractivity contribution in [3.05, 3.63) is 32.8 Å². The van der Waals surface area contributed by atoms with Gasteiger partial charge in [0.05, 0.1) is 16.5 Å². The van der Waals surface area contributed by atoms with Crippen molar-refractivity contribution in [2.75, 3.05) is 0 Å². The maximum absolute atomic E-state index is 10.5. The molecule has 1 aromatic rings. The van der Waals surface area contributed by atoms with Gasteiger partial charge in [0.25, 0.3) is 0 Å². The van der Waals surface area contributed by atoms with Gasteiger partial charge in [-0.05, 0) is 12.1 Å². The number of rotatable bonds is 3. The lowest BCUT2D eigenvalue weighted by Crippen LogP contribution is -2.16. The molecule has 15 heavy (non-hydrogen) atoms. The third kappa shape index (κ3) is 2.98. The Morgan fingerprint density at radius 3 is 2.40 bits per heavy atom. The van der Waals surface area contributed by atoms with Gasteiger partial charge in [0.1, 0.15) is 0 Å². The van der Waals surface area contributed by atoms with Gasteiger partial charge in [-0.3, -0.25) is 4.79 Å². The molecular formula is C9H8Cl3NO2. The third-order valence-electron chi connectivity index (χ3n) is 1.84. The van der Waals surface area contributed by atoms with Crippen LogP contribution in [0, 0.1) is 0 Å². The third-order valence-corrected chi connectivity index (χ3v) is 2.99. The molecule has 1 unspecified atom stereocenters. The fourth-order valence-electron chi connectivity index (χ4n) is 1.17. The first-order chi connectivity index (χ1) is 6.93. The van der Waals surface area contributed by atoms with Crippen molar-refractivity contribution in [1.82, 2.24) is 0 Å². The monoisotopic (exact) mass is 267 g/mol. The molecule has 0 aliphatic carbocycles. The number of carbonyl (C=O) groups is 1. The van der Waals surface area contributed by atoms with E-state index >= 15 is 0 Å². The van der Waals surface area contributed by atoms with E-state index in [1.54, 1.807) is 0 Å². The highest BCUT2D eigenvalue weighted by Gasteiger charge is 2.18. The Labute approximate surface area is 102 Å². The molecule has 0 amide bonds. The molecule has 1 atom stereocenters. The lowest BCUT2D eigenvalue weighted by Gasteiger charge is -2.14. The molecule has 82 valence electrons. The van der Waals surface area contributed by atoms with Crippen LogP contribution in [-0.4, -0.2) is 11.1 Å². The maximum Gasteiger partial charge on any atom is 0.305 e. The first-order valence-corrected chi connectivity index (χ1v) is 5.17. The number of carboxylic acids is 1. The second-order valence-electron chi connectivity index (χ2n) is 2.96. The van der Waals surface area contributed by atoms with Crippen LogP contribution >= 0.6 is 34.8 Å². The minimum Gasteiger partial charge on any atom is -0.481 e. The van der Waals surface area contributed by atoms with E-state index in [9.17, 15) is 4.79 Å². The van der Waals surface area contributed by atoms with E-state index in [0.717, 1.165) is 0 Å². The summed E-state index contributed by atoms with van der Waals surface area (Å²) in [5.74, 6) is -1.02. The van der Waals surface area contributed by atoms with E-state index in [-0.39, 0.29) is 11.4 Å². The lowest BCUT2D eigenvalue weighted by atomic mass is 10.0. The molecule has 0 aliphatic rings. The van der Waals surface area contributed by atoms with E-state index in [0.29, 0.717) is 15.6 Å². The Bertz CT molecular complexity index is 395. The van der Waals surface area contributed by atoms with Crippen molar-refractivity contribution < 1.29 is 9.90 Å². The summed E-state index contributed by atoms with van der Waals surface area (Å²) in [6, 6.07) is 2.30. The SMILES string of the molecule is NC(CC(=O)O)c1c(Cl)ccc(Cl)c1Cl. The maximum atomic E-state index is 10.5. The van der Waals surface area contributed by atoms with Gasteiger partial charge in [0, 0.05) is 16.6 Å². The highest BCUT2D eigenvalue weighted by atomic mass is 35.5. The Balaban J connectivity index is 3.12. The first-order valence-electron chi connectivity index (χ1n) is 4.04. The van der Waals surface area contributed by atoms with Crippen LogP contribution < -0.4 is 5.73 Å². The van der Waals surface area contributed by atoms with Gasteiger partial charge in [-0.15, -0.1) is 0 Å². The number of hydrogen-bond acceptors (Lipinski definition) is 2. The number of carboxylic acid groups (broad SMARTS) is 1. The van der Waals surface area contributed by atoms with Gasteiger partial charge in [-0.25, -0.2) is 0 Å². The first kappa shape index (κ1) is 12.6. The van der Waals surface area contributed by atoms with E-state index in [1.807, 2.05) is 0 Å². The fraction of sp³-hybridized carbons (Fsp3) is 0.222. The fourth-order valence-corrected chi connectivity index (χ4v) is 1.99. The summed E-state index contributed by atoms with van der Waals surface area (Å²) >= 11 is 17.5. The minimum absolute atomic E-state index is 0.206. The molecule has 0 saturated heterocycles. The zero-order valence-corrected chi connectivity index (χ0v) is 9.77. The van der Waals surface area contributed by atoms with Crippen LogP contribution in [0.3, 0.4) is 0 Å². The predicted molar refractivity (Wildman–Crippen MR) is 60.7 cm³/mol. The van der Waals surface area contributed by atoms with Crippen molar-refractivity contribution in [2.24, 2.45) is 5.73 Å². The Hall–Kier alpha value is -0.480. The summed E-state index contributed by atoms with van der Waals surface area (Å²) in [6.45, 7) is 0. The van der Waals surface area contributed by atoms with E-state index in [1.165, 1.54) is 12.1 Å². The van der Waals surface area contributed by atoms with E-state index in [2.05, 4.69) is 0 Å². The topological polar surface area (TPSA) is 63.3 Å². The van der Waals surface area contributed by atoms with Crippen LogP contribution in [0.1, 0.15) is 18.0 Å². The molecule has 0 fully saturated rings. The van der Waals surface area contributed by atoms with Crippen LogP contribution in [0.2, 0.25) is 15.1 Å². The molecule has 0 radical (unpaired) electrons. The number of halogens is 3. The number of aliphatic carboxylic acids is 1. The summed E-state index contributed by atoms with van der Waals surface area (Å²) in [6.07, 6.45) is -0.250. The van der Waals surface area contributed by atoms with Crippen LogP contribution in [0.5, 0.6) is 0 Å². The molecule has 3 nitrogen and oxygen atoms in total. The molecule has 0 aliphatic heterocycles. The standard InChI is InChI=1S/C9H8Cl3NO2/c10-4-1-2-5(11)9(12)8(4)6(13)3-7(14)15/h1-2,6H,3,13H2,(H,14,15).